The molecule has 3 nitrogen and oxygen atoms in total. The highest BCUT2D eigenvalue weighted by molar-refractivity contribution is 7.09. The quantitative estimate of drug-likeness (QED) is 0.700. The minimum atomic E-state index is 0.0139. The van der Waals surface area contributed by atoms with Crippen molar-refractivity contribution in [1.82, 2.24) is 10.3 Å². The van der Waals surface area contributed by atoms with E-state index in [4.69, 9.17) is 4.74 Å². The van der Waals surface area contributed by atoms with E-state index in [1.807, 2.05) is 5.51 Å². The van der Waals surface area contributed by atoms with Gasteiger partial charge in [-0.1, -0.05) is 0 Å². The molecule has 2 aliphatic heterocycles. The van der Waals surface area contributed by atoms with Crippen molar-refractivity contribution in [3.63, 3.8) is 0 Å². The molecule has 1 aromatic rings. The van der Waals surface area contributed by atoms with Gasteiger partial charge in [0.1, 0.15) is 5.60 Å². The second-order valence-electron chi connectivity index (χ2n) is 3.97. The van der Waals surface area contributed by atoms with Crippen LogP contribution in [-0.4, -0.2) is 24.7 Å². The molecular weight excluding hydrogens is 196 g/mol. The topological polar surface area (TPSA) is 34.2 Å². The zero-order valence-electron chi connectivity index (χ0n) is 8.08. The third kappa shape index (κ3) is 1.21. The summed E-state index contributed by atoms with van der Waals surface area (Å²) >= 11 is 1.77. The largest absolute Gasteiger partial charge is 0.369 e. The SMILES string of the molecule is c1nc2c(s1)C1(CCNCC1)OCC2. The molecular formula is C10H14N2OS. The molecule has 0 saturated carbocycles. The van der Waals surface area contributed by atoms with Crippen LogP contribution in [0, 0.1) is 0 Å². The zero-order valence-corrected chi connectivity index (χ0v) is 8.90. The van der Waals surface area contributed by atoms with Gasteiger partial charge < -0.3 is 10.1 Å². The Bertz CT molecular complexity index is 331. The number of fused-ring (bicyclic) bond motifs is 2. The molecule has 2 aliphatic rings. The highest BCUT2D eigenvalue weighted by Gasteiger charge is 2.40. The van der Waals surface area contributed by atoms with Gasteiger partial charge in [-0.15, -0.1) is 11.3 Å². The number of thiazole rings is 1. The third-order valence-electron chi connectivity index (χ3n) is 3.18. The first kappa shape index (κ1) is 8.83. The van der Waals surface area contributed by atoms with Crippen LogP contribution in [0.15, 0.2) is 5.51 Å². The fourth-order valence-corrected chi connectivity index (χ4v) is 3.48. The average molecular weight is 210 g/mol. The van der Waals surface area contributed by atoms with Crippen molar-refractivity contribution >= 4 is 11.3 Å². The lowest BCUT2D eigenvalue weighted by atomic mass is 9.87. The van der Waals surface area contributed by atoms with Gasteiger partial charge in [0, 0.05) is 6.42 Å². The molecule has 3 heterocycles. The molecule has 4 heteroatoms. The smallest absolute Gasteiger partial charge is 0.107 e. The number of rotatable bonds is 0. The molecule has 1 fully saturated rings. The highest BCUT2D eigenvalue weighted by Crippen LogP contribution is 2.41. The normalized spacial score (nSPS) is 24.9. The highest BCUT2D eigenvalue weighted by atomic mass is 32.1. The van der Waals surface area contributed by atoms with E-state index in [9.17, 15) is 0 Å². The summed E-state index contributed by atoms with van der Waals surface area (Å²) in [6.07, 6.45) is 3.19. The molecule has 0 aliphatic carbocycles. The Kier molecular flexibility index (Phi) is 2.08. The van der Waals surface area contributed by atoms with Crippen LogP contribution in [0.2, 0.25) is 0 Å². The lowest BCUT2D eigenvalue weighted by Gasteiger charge is -2.39. The van der Waals surface area contributed by atoms with Gasteiger partial charge in [-0.2, -0.15) is 0 Å². The molecule has 14 heavy (non-hydrogen) atoms. The first-order valence-electron chi connectivity index (χ1n) is 5.18. The molecule has 0 radical (unpaired) electrons. The summed E-state index contributed by atoms with van der Waals surface area (Å²) in [6, 6.07) is 0. The number of hydrogen-bond donors (Lipinski definition) is 1. The number of ether oxygens (including phenoxy) is 1. The van der Waals surface area contributed by atoms with E-state index in [1.165, 1.54) is 10.6 Å². The Hall–Kier alpha value is -0.450. The van der Waals surface area contributed by atoms with E-state index in [0.717, 1.165) is 39.0 Å². The maximum Gasteiger partial charge on any atom is 0.107 e. The van der Waals surface area contributed by atoms with Crippen LogP contribution in [0.3, 0.4) is 0 Å². The minimum Gasteiger partial charge on any atom is -0.369 e. The summed E-state index contributed by atoms with van der Waals surface area (Å²) in [6.45, 7) is 2.98. The second-order valence-corrected chi connectivity index (χ2v) is 4.83. The van der Waals surface area contributed by atoms with Gasteiger partial charge in [-0.3, -0.25) is 0 Å². The Balaban J connectivity index is 2.01. The van der Waals surface area contributed by atoms with Crippen molar-refractivity contribution < 1.29 is 4.74 Å². The molecule has 0 unspecified atom stereocenters. The predicted molar refractivity (Wildman–Crippen MR) is 55.6 cm³/mol. The van der Waals surface area contributed by atoms with Crippen LogP contribution in [0.5, 0.6) is 0 Å². The lowest BCUT2D eigenvalue weighted by molar-refractivity contribution is -0.0778. The number of aromatic nitrogens is 1. The summed E-state index contributed by atoms with van der Waals surface area (Å²) in [5.74, 6) is 0. The molecule has 0 bridgehead atoms. The van der Waals surface area contributed by atoms with E-state index >= 15 is 0 Å². The Labute approximate surface area is 87.5 Å². The molecule has 1 N–H and O–H groups in total. The number of hydrogen-bond acceptors (Lipinski definition) is 4. The fourth-order valence-electron chi connectivity index (χ4n) is 2.43. The molecule has 1 spiro atoms. The van der Waals surface area contributed by atoms with Gasteiger partial charge in [0.25, 0.3) is 0 Å². The van der Waals surface area contributed by atoms with Gasteiger partial charge >= 0.3 is 0 Å². The molecule has 3 rings (SSSR count). The van der Waals surface area contributed by atoms with E-state index in [1.54, 1.807) is 11.3 Å². The maximum absolute atomic E-state index is 6.02. The van der Waals surface area contributed by atoms with E-state index < -0.39 is 0 Å². The molecule has 1 saturated heterocycles. The van der Waals surface area contributed by atoms with Crippen molar-refractivity contribution in [2.24, 2.45) is 0 Å². The number of nitrogens with one attached hydrogen (secondary N) is 1. The Morgan fingerprint density at radius 2 is 2.29 bits per heavy atom. The summed E-state index contributed by atoms with van der Waals surface area (Å²) < 4.78 is 6.02. The van der Waals surface area contributed by atoms with Crippen molar-refractivity contribution in [2.45, 2.75) is 24.9 Å². The van der Waals surface area contributed by atoms with Gasteiger partial charge in [0.2, 0.25) is 0 Å². The summed E-state index contributed by atoms with van der Waals surface area (Å²) in [7, 11) is 0. The van der Waals surface area contributed by atoms with E-state index in [0.29, 0.717) is 0 Å². The Morgan fingerprint density at radius 1 is 1.43 bits per heavy atom. The van der Waals surface area contributed by atoms with Gasteiger partial charge in [0.05, 0.1) is 22.7 Å². The summed E-state index contributed by atoms with van der Waals surface area (Å²) in [4.78, 5) is 5.82. The second kappa shape index (κ2) is 3.29. The van der Waals surface area contributed by atoms with Crippen LogP contribution in [0.4, 0.5) is 0 Å². The lowest BCUT2D eigenvalue weighted by Crippen LogP contribution is -2.44. The van der Waals surface area contributed by atoms with Crippen molar-refractivity contribution in [2.75, 3.05) is 19.7 Å². The van der Waals surface area contributed by atoms with Crippen molar-refractivity contribution in [3.05, 3.63) is 16.1 Å². The maximum atomic E-state index is 6.02. The fraction of sp³-hybridized carbons (Fsp3) is 0.700. The van der Waals surface area contributed by atoms with Crippen LogP contribution in [-0.2, 0) is 16.8 Å². The summed E-state index contributed by atoms with van der Waals surface area (Å²) in [5.41, 5.74) is 3.26. The van der Waals surface area contributed by atoms with E-state index in [-0.39, 0.29) is 5.60 Å². The van der Waals surface area contributed by atoms with Crippen LogP contribution in [0.1, 0.15) is 23.4 Å². The molecule has 0 amide bonds. The molecule has 1 aromatic heterocycles. The molecule has 0 atom stereocenters. The number of piperidine rings is 1. The first-order valence-corrected chi connectivity index (χ1v) is 6.06. The standard InChI is InChI=1S/C10H14N2OS/c1-6-13-10(2-4-11-5-3-10)9-8(1)12-7-14-9/h7,11H,1-6H2. The average Bonchev–Trinajstić information content (AvgIpc) is 2.69. The minimum absolute atomic E-state index is 0.0139. The van der Waals surface area contributed by atoms with Crippen molar-refractivity contribution in [3.8, 4) is 0 Å². The summed E-state index contributed by atoms with van der Waals surface area (Å²) in [5, 5.41) is 3.38. The number of nitrogens with zero attached hydrogens (tertiary/aromatic N) is 1. The molecule has 0 aromatic carbocycles. The first-order chi connectivity index (χ1) is 6.91. The van der Waals surface area contributed by atoms with Crippen LogP contribution in [0.25, 0.3) is 0 Å². The van der Waals surface area contributed by atoms with Crippen molar-refractivity contribution in [1.29, 1.82) is 0 Å². The predicted octanol–water partition coefficient (Wildman–Crippen LogP) is 1.29. The van der Waals surface area contributed by atoms with Crippen LogP contribution < -0.4 is 5.32 Å². The molecule has 76 valence electrons. The Morgan fingerprint density at radius 3 is 3.14 bits per heavy atom. The van der Waals surface area contributed by atoms with Gasteiger partial charge in [-0.05, 0) is 25.9 Å². The third-order valence-corrected chi connectivity index (χ3v) is 4.24. The van der Waals surface area contributed by atoms with Gasteiger partial charge in [0.15, 0.2) is 0 Å². The van der Waals surface area contributed by atoms with Crippen LogP contribution >= 0.6 is 11.3 Å². The monoisotopic (exact) mass is 210 g/mol. The van der Waals surface area contributed by atoms with E-state index in [2.05, 4.69) is 10.3 Å². The zero-order chi connectivity index (χ0) is 9.43. The van der Waals surface area contributed by atoms with Gasteiger partial charge in [-0.25, -0.2) is 4.98 Å².